The van der Waals surface area contributed by atoms with Crippen molar-refractivity contribution in [1.82, 2.24) is 10.3 Å². The van der Waals surface area contributed by atoms with Gasteiger partial charge in [-0.2, -0.15) is 0 Å². The Morgan fingerprint density at radius 2 is 2.32 bits per heavy atom. The summed E-state index contributed by atoms with van der Waals surface area (Å²) in [4.78, 5) is 26.1. The Balaban J connectivity index is 1.99. The van der Waals surface area contributed by atoms with Gasteiger partial charge in [-0.15, -0.1) is 11.3 Å². The van der Waals surface area contributed by atoms with Crippen LogP contribution in [-0.4, -0.2) is 39.7 Å². The largest absolute Gasteiger partial charge is 0.479 e. The van der Waals surface area contributed by atoms with Gasteiger partial charge in [-0.25, -0.2) is 9.78 Å². The summed E-state index contributed by atoms with van der Waals surface area (Å²) in [6.45, 7) is -0.373. The Hall–Kier alpha value is -2.19. The van der Waals surface area contributed by atoms with Crippen LogP contribution in [0.4, 0.5) is 0 Å². The highest BCUT2D eigenvalue weighted by molar-refractivity contribution is 7.13. The van der Waals surface area contributed by atoms with Crippen LogP contribution in [0.3, 0.4) is 0 Å². The van der Waals surface area contributed by atoms with E-state index in [1.165, 1.54) is 23.0 Å². The van der Waals surface area contributed by atoms with Crippen molar-refractivity contribution in [3.05, 3.63) is 29.5 Å². The van der Waals surface area contributed by atoms with Gasteiger partial charge in [0.15, 0.2) is 16.9 Å². The van der Waals surface area contributed by atoms with Crippen molar-refractivity contribution in [1.29, 1.82) is 0 Å². The van der Waals surface area contributed by atoms with Gasteiger partial charge < -0.3 is 19.9 Å². The lowest BCUT2D eigenvalue weighted by Crippen LogP contribution is -2.36. The molecular weight excluding hydrogens is 272 g/mol. The van der Waals surface area contributed by atoms with Crippen molar-refractivity contribution in [3.8, 4) is 10.8 Å². The average Bonchev–Trinajstić information content (AvgIpc) is 3.04. The number of carboxylic acid groups (broad SMARTS) is 1. The maximum Gasteiger partial charge on any atom is 0.334 e. The molecule has 1 atom stereocenters. The van der Waals surface area contributed by atoms with Crippen molar-refractivity contribution < 1.29 is 24.2 Å². The predicted molar refractivity (Wildman–Crippen MR) is 65.8 cm³/mol. The molecular formula is C11H10N2O5S. The van der Waals surface area contributed by atoms with E-state index in [1.54, 1.807) is 12.1 Å². The van der Waals surface area contributed by atoms with Gasteiger partial charge >= 0.3 is 5.97 Å². The lowest BCUT2D eigenvalue weighted by atomic mass is 10.3. The minimum atomic E-state index is -1.63. The van der Waals surface area contributed by atoms with Gasteiger partial charge in [0.2, 0.25) is 0 Å². The molecule has 0 spiro atoms. The number of aliphatic hydroxyl groups is 1. The Kier molecular flexibility index (Phi) is 3.93. The number of carbonyl (C=O) groups excluding carboxylic acids is 1. The second-order valence-electron chi connectivity index (χ2n) is 3.58. The second kappa shape index (κ2) is 5.63. The van der Waals surface area contributed by atoms with Gasteiger partial charge in [-0.3, -0.25) is 4.79 Å². The first-order valence-corrected chi connectivity index (χ1v) is 6.14. The fourth-order valence-corrected chi connectivity index (χ4v) is 2.03. The van der Waals surface area contributed by atoms with Crippen LogP contribution >= 0.6 is 11.3 Å². The van der Waals surface area contributed by atoms with E-state index in [4.69, 9.17) is 14.6 Å². The van der Waals surface area contributed by atoms with Crippen LogP contribution in [0.2, 0.25) is 0 Å². The molecule has 2 rings (SSSR count). The number of nitrogens with zero attached hydrogens (tertiary/aromatic N) is 1. The average molecular weight is 282 g/mol. The number of hydrogen-bond acceptors (Lipinski definition) is 6. The molecule has 1 amide bonds. The SMILES string of the molecule is O=C(NCC(O)C(=O)O)c1csc(-c2ccco2)n1. The Bertz CT molecular complexity index is 578. The van der Waals surface area contributed by atoms with Crippen molar-refractivity contribution >= 4 is 23.2 Å². The Morgan fingerprint density at radius 1 is 1.53 bits per heavy atom. The summed E-state index contributed by atoms with van der Waals surface area (Å²) in [6.07, 6.45) is -0.133. The number of amides is 1. The molecule has 3 N–H and O–H groups in total. The fraction of sp³-hybridized carbons (Fsp3) is 0.182. The van der Waals surface area contributed by atoms with Gasteiger partial charge in [0.1, 0.15) is 5.69 Å². The quantitative estimate of drug-likeness (QED) is 0.739. The van der Waals surface area contributed by atoms with Crippen LogP contribution in [0.5, 0.6) is 0 Å². The highest BCUT2D eigenvalue weighted by Gasteiger charge is 2.17. The molecule has 0 bridgehead atoms. The number of furan rings is 1. The van der Waals surface area contributed by atoms with E-state index in [0.717, 1.165) is 0 Å². The molecule has 2 aromatic heterocycles. The smallest absolute Gasteiger partial charge is 0.334 e. The molecule has 100 valence electrons. The third-order valence-corrected chi connectivity index (χ3v) is 3.07. The zero-order valence-corrected chi connectivity index (χ0v) is 10.4. The normalized spacial score (nSPS) is 12.1. The molecule has 2 aromatic rings. The highest BCUT2D eigenvalue weighted by Crippen LogP contribution is 2.23. The molecule has 0 fully saturated rings. The minimum Gasteiger partial charge on any atom is -0.479 e. The van der Waals surface area contributed by atoms with E-state index in [0.29, 0.717) is 10.8 Å². The molecule has 0 radical (unpaired) electrons. The summed E-state index contributed by atoms with van der Waals surface area (Å²) < 4.78 is 5.14. The van der Waals surface area contributed by atoms with E-state index >= 15 is 0 Å². The highest BCUT2D eigenvalue weighted by atomic mass is 32.1. The summed E-state index contributed by atoms with van der Waals surface area (Å²) in [6, 6.07) is 3.42. The zero-order valence-electron chi connectivity index (χ0n) is 9.57. The van der Waals surface area contributed by atoms with Crippen LogP contribution in [0.1, 0.15) is 10.5 Å². The van der Waals surface area contributed by atoms with Crippen LogP contribution in [0.15, 0.2) is 28.2 Å². The monoisotopic (exact) mass is 282 g/mol. The van der Waals surface area contributed by atoms with Crippen LogP contribution in [0.25, 0.3) is 10.8 Å². The number of rotatable bonds is 5. The molecule has 0 aromatic carbocycles. The maximum atomic E-state index is 11.7. The lowest BCUT2D eigenvalue weighted by Gasteiger charge is -2.05. The lowest BCUT2D eigenvalue weighted by molar-refractivity contribution is -0.146. The summed E-state index contributed by atoms with van der Waals surface area (Å²) in [7, 11) is 0. The van der Waals surface area contributed by atoms with E-state index in [2.05, 4.69) is 10.3 Å². The van der Waals surface area contributed by atoms with Gasteiger partial charge in [-0.05, 0) is 12.1 Å². The first-order chi connectivity index (χ1) is 9.08. The standard InChI is InChI=1S/C11H10N2O5S/c14-7(11(16)17)4-12-9(15)6-5-19-10(13-6)8-2-1-3-18-8/h1-3,5,7,14H,4H2,(H,12,15)(H,16,17). The number of hydrogen-bond donors (Lipinski definition) is 3. The molecule has 0 aliphatic heterocycles. The van der Waals surface area contributed by atoms with Gasteiger partial charge in [0, 0.05) is 5.38 Å². The van der Waals surface area contributed by atoms with E-state index < -0.39 is 18.0 Å². The van der Waals surface area contributed by atoms with Crippen molar-refractivity contribution in [2.45, 2.75) is 6.10 Å². The molecule has 1 unspecified atom stereocenters. The number of thiazole rings is 1. The topological polar surface area (TPSA) is 113 Å². The van der Waals surface area contributed by atoms with E-state index in [9.17, 15) is 9.59 Å². The summed E-state index contributed by atoms with van der Waals surface area (Å²) in [5.41, 5.74) is 0.147. The van der Waals surface area contributed by atoms with Crippen molar-refractivity contribution in [3.63, 3.8) is 0 Å². The van der Waals surface area contributed by atoms with Gasteiger partial charge in [0.05, 0.1) is 12.8 Å². The van der Waals surface area contributed by atoms with E-state index in [1.807, 2.05) is 0 Å². The molecule has 7 nitrogen and oxygen atoms in total. The minimum absolute atomic E-state index is 0.147. The number of aliphatic carboxylic acids is 1. The third-order valence-electron chi connectivity index (χ3n) is 2.21. The fourth-order valence-electron chi connectivity index (χ4n) is 1.26. The first kappa shape index (κ1) is 13.2. The number of carboxylic acids is 1. The number of nitrogens with one attached hydrogen (secondary N) is 1. The molecule has 0 aliphatic rings. The molecule has 0 aliphatic carbocycles. The summed E-state index contributed by atoms with van der Waals surface area (Å²) in [5, 5.41) is 21.9. The maximum absolute atomic E-state index is 11.7. The predicted octanol–water partition coefficient (Wildman–Crippen LogP) is 0.578. The molecule has 8 heteroatoms. The van der Waals surface area contributed by atoms with Crippen LogP contribution in [0, 0.1) is 0 Å². The molecule has 0 saturated heterocycles. The second-order valence-corrected chi connectivity index (χ2v) is 4.44. The molecule has 2 heterocycles. The van der Waals surface area contributed by atoms with Crippen molar-refractivity contribution in [2.75, 3.05) is 6.54 Å². The summed E-state index contributed by atoms with van der Waals surface area (Å²) in [5.74, 6) is -1.39. The number of carbonyl (C=O) groups is 2. The molecule has 19 heavy (non-hydrogen) atoms. The number of aromatic nitrogens is 1. The third kappa shape index (κ3) is 3.18. The van der Waals surface area contributed by atoms with Gasteiger partial charge in [0.25, 0.3) is 5.91 Å². The Labute approximate surface area is 111 Å². The molecule has 0 saturated carbocycles. The number of aliphatic hydroxyl groups excluding tert-OH is 1. The zero-order chi connectivity index (χ0) is 13.8. The van der Waals surface area contributed by atoms with Crippen molar-refractivity contribution in [2.24, 2.45) is 0 Å². The van der Waals surface area contributed by atoms with Crippen LogP contribution < -0.4 is 5.32 Å². The summed E-state index contributed by atoms with van der Waals surface area (Å²) >= 11 is 1.23. The van der Waals surface area contributed by atoms with Gasteiger partial charge in [-0.1, -0.05) is 0 Å². The van der Waals surface area contributed by atoms with Crippen LogP contribution in [-0.2, 0) is 4.79 Å². The Morgan fingerprint density at radius 3 is 2.95 bits per heavy atom. The van der Waals surface area contributed by atoms with E-state index in [-0.39, 0.29) is 12.2 Å². The first-order valence-electron chi connectivity index (χ1n) is 5.26.